The topological polar surface area (TPSA) is 56.1 Å². The fourth-order valence-electron chi connectivity index (χ4n) is 2.29. The number of amides is 1. The van der Waals surface area contributed by atoms with Crippen molar-refractivity contribution in [1.82, 2.24) is 15.1 Å². The average Bonchev–Trinajstić information content (AvgIpc) is 2.88. The summed E-state index contributed by atoms with van der Waals surface area (Å²) in [6.45, 7) is 7.61. The maximum absolute atomic E-state index is 13.0. The number of rotatable bonds is 6. The molecule has 0 aliphatic rings. The first-order valence-corrected chi connectivity index (χ1v) is 7.60. The molecular weight excluding hydrogens is 297 g/mol. The van der Waals surface area contributed by atoms with Crippen molar-refractivity contribution in [3.63, 3.8) is 0 Å². The smallest absolute Gasteiger partial charge is 0.246 e. The van der Waals surface area contributed by atoms with E-state index in [2.05, 4.69) is 10.4 Å². The SMILES string of the molecule is Cc1c(C(C)NC(=O)COC(C)C)cnn1-c1ccc(F)cc1. The van der Waals surface area contributed by atoms with Crippen LogP contribution < -0.4 is 5.32 Å². The molecule has 5 nitrogen and oxygen atoms in total. The van der Waals surface area contributed by atoms with Gasteiger partial charge in [-0.15, -0.1) is 0 Å². The second-order valence-corrected chi connectivity index (χ2v) is 5.72. The second kappa shape index (κ2) is 7.37. The van der Waals surface area contributed by atoms with E-state index in [4.69, 9.17) is 4.74 Å². The molecule has 0 radical (unpaired) electrons. The summed E-state index contributed by atoms with van der Waals surface area (Å²) in [7, 11) is 0. The van der Waals surface area contributed by atoms with E-state index in [1.807, 2.05) is 27.7 Å². The first-order chi connectivity index (χ1) is 10.9. The zero-order valence-electron chi connectivity index (χ0n) is 13.8. The van der Waals surface area contributed by atoms with E-state index >= 15 is 0 Å². The van der Waals surface area contributed by atoms with E-state index in [-0.39, 0.29) is 30.5 Å². The third-order valence-electron chi connectivity index (χ3n) is 3.51. The molecule has 2 aromatic rings. The van der Waals surface area contributed by atoms with Gasteiger partial charge in [-0.05, 0) is 52.0 Å². The molecule has 2 rings (SSSR count). The molecule has 0 aliphatic heterocycles. The largest absolute Gasteiger partial charge is 0.369 e. The van der Waals surface area contributed by atoms with Crippen LogP contribution in [0.1, 0.15) is 38.1 Å². The van der Waals surface area contributed by atoms with Gasteiger partial charge in [0.25, 0.3) is 0 Å². The van der Waals surface area contributed by atoms with Gasteiger partial charge < -0.3 is 10.1 Å². The maximum atomic E-state index is 13.0. The molecule has 1 heterocycles. The van der Waals surface area contributed by atoms with Crippen molar-refractivity contribution in [3.8, 4) is 5.69 Å². The number of halogens is 1. The minimum Gasteiger partial charge on any atom is -0.369 e. The van der Waals surface area contributed by atoms with Crippen molar-refractivity contribution in [1.29, 1.82) is 0 Å². The van der Waals surface area contributed by atoms with Crippen LogP contribution >= 0.6 is 0 Å². The summed E-state index contributed by atoms with van der Waals surface area (Å²) < 4.78 is 20.0. The first kappa shape index (κ1) is 17.1. The molecule has 1 aromatic heterocycles. The van der Waals surface area contributed by atoms with Gasteiger partial charge in [-0.1, -0.05) is 0 Å². The lowest BCUT2D eigenvalue weighted by atomic mass is 10.1. The highest BCUT2D eigenvalue weighted by atomic mass is 19.1. The highest BCUT2D eigenvalue weighted by Crippen LogP contribution is 2.20. The molecule has 1 unspecified atom stereocenters. The lowest BCUT2D eigenvalue weighted by Gasteiger charge is -2.15. The Balaban J connectivity index is 2.09. The van der Waals surface area contributed by atoms with Crippen LogP contribution in [-0.4, -0.2) is 28.4 Å². The Morgan fingerprint density at radius 1 is 1.30 bits per heavy atom. The van der Waals surface area contributed by atoms with Gasteiger partial charge in [0.15, 0.2) is 0 Å². The number of nitrogens with one attached hydrogen (secondary N) is 1. The number of hydrogen-bond donors (Lipinski definition) is 1. The molecule has 0 bridgehead atoms. The van der Waals surface area contributed by atoms with Gasteiger partial charge >= 0.3 is 0 Å². The van der Waals surface area contributed by atoms with Crippen LogP contribution in [0.25, 0.3) is 5.69 Å². The van der Waals surface area contributed by atoms with Crippen LogP contribution in [0.2, 0.25) is 0 Å². The highest BCUT2D eigenvalue weighted by molar-refractivity contribution is 5.77. The minimum atomic E-state index is -0.287. The monoisotopic (exact) mass is 319 g/mol. The number of benzene rings is 1. The second-order valence-electron chi connectivity index (χ2n) is 5.72. The summed E-state index contributed by atoms with van der Waals surface area (Å²) in [4.78, 5) is 11.9. The predicted octanol–water partition coefficient (Wildman–Crippen LogP) is 2.92. The van der Waals surface area contributed by atoms with E-state index in [0.29, 0.717) is 0 Å². The standard InChI is InChI=1S/C17H22FN3O2/c1-11(2)23-10-17(22)20-12(3)16-9-19-21(13(16)4)15-7-5-14(18)6-8-15/h5-9,11-12H,10H2,1-4H3,(H,20,22). The summed E-state index contributed by atoms with van der Waals surface area (Å²) in [5, 5.41) is 7.22. The van der Waals surface area contributed by atoms with E-state index in [1.54, 1.807) is 23.0 Å². The van der Waals surface area contributed by atoms with Crippen LogP contribution in [0, 0.1) is 12.7 Å². The normalized spacial score (nSPS) is 12.4. The zero-order chi connectivity index (χ0) is 17.0. The molecule has 23 heavy (non-hydrogen) atoms. The molecule has 0 saturated carbocycles. The fraction of sp³-hybridized carbons (Fsp3) is 0.412. The van der Waals surface area contributed by atoms with E-state index in [9.17, 15) is 9.18 Å². The molecule has 0 fully saturated rings. The van der Waals surface area contributed by atoms with Crippen molar-refractivity contribution in [2.45, 2.75) is 39.8 Å². The third-order valence-corrected chi connectivity index (χ3v) is 3.51. The van der Waals surface area contributed by atoms with Gasteiger partial charge in [0.05, 0.1) is 24.0 Å². The third kappa shape index (κ3) is 4.39. The lowest BCUT2D eigenvalue weighted by molar-refractivity contribution is -0.127. The first-order valence-electron chi connectivity index (χ1n) is 7.60. The van der Waals surface area contributed by atoms with Crippen molar-refractivity contribution in [2.24, 2.45) is 0 Å². The van der Waals surface area contributed by atoms with Gasteiger partial charge in [-0.25, -0.2) is 9.07 Å². The fourth-order valence-corrected chi connectivity index (χ4v) is 2.29. The predicted molar refractivity (Wildman–Crippen MR) is 85.9 cm³/mol. The summed E-state index contributed by atoms with van der Waals surface area (Å²) in [6, 6.07) is 5.93. The van der Waals surface area contributed by atoms with Gasteiger partial charge in [0.1, 0.15) is 12.4 Å². The number of nitrogens with zero attached hydrogens (tertiary/aromatic N) is 2. The van der Waals surface area contributed by atoms with Crippen molar-refractivity contribution < 1.29 is 13.9 Å². The summed E-state index contributed by atoms with van der Waals surface area (Å²) in [5.41, 5.74) is 2.58. The molecule has 1 aromatic carbocycles. The van der Waals surface area contributed by atoms with E-state index in [1.165, 1.54) is 12.1 Å². The Morgan fingerprint density at radius 3 is 2.57 bits per heavy atom. The van der Waals surface area contributed by atoms with Crippen molar-refractivity contribution in [3.05, 3.63) is 47.5 Å². The summed E-state index contributed by atoms with van der Waals surface area (Å²) in [6.07, 6.45) is 1.73. The molecule has 124 valence electrons. The minimum absolute atomic E-state index is 0.0130. The van der Waals surface area contributed by atoms with E-state index < -0.39 is 0 Å². The van der Waals surface area contributed by atoms with E-state index in [0.717, 1.165) is 16.9 Å². The van der Waals surface area contributed by atoms with Crippen LogP contribution in [0.5, 0.6) is 0 Å². The maximum Gasteiger partial charge on any atom is 0.246 e. The summed E-state index contributed by atoms with van der Waals surface area (Å²) >= 11 is 0. The lowest BCUT2D eigenvalue weighted by Crippen LogP contribution is -2.31. The van der Waals surface area contributed by atoms with Gasteiger partial charge in [-0.3, -0.25) is 4.79 Å². The van der Waals surface area contributed by atoms with Crippen molar-refractivity contribution >= 4 is 5.91 Å². The zero-order valence-corrected chi connectivity index (χ0v) is 13.8. The molecule has 0 spiro atoms. The Hall–Kier alpha value is -2.21. The number of hydrogen-bond acceptors (Lipinski definition) is 3. The van der Waals surface area contributed by atoms with Crippen LogP contribution in [-0.2, 0) is 9.53 Å². The Kier molecular flexibility index (Phi) is 5.50. The Morgan fingerprint density at radius 2 is 1.96 bits per heavy atom. The molecule has 0 saturated heterocycles. The molecule has 1 N–H and O–H groups in total. The molecule has 0 aliphatic carbocycles. The number of aromatic nitrogens is 2. The van der Waals surface area contributed by atoms with Crippen LogP contribution in [0.4, 0.5) is 4.39 Å². The van der Waals surface area contributed by atoms with Gasteiger partial charge in [0, 0.05) is 11.3 Å². The average molecular weight is 319 g/mol. The quantitative estimate of drug-likeness (QED) is 0.890. The Bertz CT molecular complexity index is 665. The van der Waals surface area contributed by atoms with Gasteiger partial charge in [0.2, 0.25) is 5.91 Å². The Labute approximate surface area is 135 Å². The molecule has 1 atom stereocenters. The highest BCUT2D eigenvalue weighted by Gasteiger charge is 2.16. The molecule has 6 heteroatoms. The number of ether oxygens (including phenoxy) is 1. The van der Waals surface area contributed by atoms with Gasteiger partial charge in [-0.2, -0.15) is 5.10 Å². The van der Waals surface area contributed by atoms with Crippen molar-refractivity contribution in [2.75, 3.05) is 6.61 Å². The molecular formula is C17H22FN3O2. The number of carbonyl (C=O) groups excluding carboxylic acids is 1. The molecule has 1 amide bonds. The van der Waals surface area contributed by atoms with Crippen LogP contribution in [0.3, 0.4) is 0 Å². The summed E-state index contributed by atoms with van der Waals surface area (Å²) in [5.74, 6) is -0.454. The number of carbonyl (C=O) groups is 1. The van der Waals surface area contributed by atoms with Crippen LogP contribution in [0.15, 0.2) is 30.5 Å².